The van der Waals surface area contributed by atoms with E-state index in [1.807, 2.05) is 18.2 Å². The largest absolute Gasteiger partial charge is 0.468 e. The van der Waals surface area contributed by atoms with Gasteiger partial charge in [0.15, 0.2) is 0 Å². The van der Waals surface area contributed by atoms with E-state index in [9.17, 15) is 4.39 Å². The molecule has 84 valence electrons. The summed E-state index contributed by atoms with van der Waals surface area (Å²) >= 11 is 1.52. The van der Waals surface area contributed by atoms with Gasteiger partial charge in [-0.25, -0.2) is 4.39 Å². The summed E-state index contributed by atoms with van der Waals surface area (Å²) < 4.78 is 18.1. The summed E-state index contributed by atoms with van der Waals surface area (Å²) in [6.45, 7) is 0. The molecule has 0 fully saturated rings. The highest BCUT2D eigenvalue weighted by molar-refractivity contribution is 7.99. The molecule has 1 atom stereocenters. The molecule has 0 amide bonds. The van der Waals surface area contributed by atoms with Crippen molar-refractivity contribution in [1.29, 1.82) is 0 Å². The molecule has 1 aromatic carbocycles. The quantitative estimate of drug-likeness (QED) is 0.830. The van der Waals surface area contributed by atoms with Crippen LogP contribution in [0.3, 0.4) is 0 Å². The van der Waals surface area contributed by atoms with Crippen LogP contribution in [-0.2, 0) is 0 Å². The average molecular weight is 237 g/mol. The first-order valence-electron chi connectivity index (χ1n) is 4.93. The van der Waals surface area contributed by atoms with Crippen LogP contribution in [0, 0.1) is 5.82 Å². The SMILES string of the molecule is NC(CSc1cccc(F)c1)c1ccco1. The molecular formula is C12H12FNOS. The maximum absolute atomic E-state index is 12.9. The highest BCUT2D eigenvalue weighted by Gasteiger charge is 2.09. The molecule has 0 bridgehead atoms. The minimum Gasteiger partial charge on any atom is -0.468 e. The topological polar surface area (TPSA) is 39.2 Å². The number of rotatable bonds is 4. The summed E-state index contributed by atoms with van der Waals surface area (Å²) in [5, 5.41) is 0. The number of nitrogens with two attached hydrogens (primary N) is 1. The third kappa shape index (κ3) is 2.87. The van der Waals surface area contributed by atoms with Gasteiger partial charge in [0.25, 0.3) is 0 Å². The summed E-state index contributed by atoms with van der Waals surface area (Å²) in [6, 6.07) is 9.97. The average Bonchev–Trinajstić information content (AvgIpc) is 2.79. The van der Waals surface area contributed by atoms with E-state index in [0.29, 0.717) is 5.75 Å². The highest BCUT2D eigenvalue weighted by Crippen LogP contribution is 2.23. The lowest BCUT2D eigenvalue weighted by Gasteiger charge is -2.08. The smallest absolute Gasteiger partial charge is 0.124 e. The molecule has 0 saturated carbocycles. The molecule has 0 spiro atoms. The number of benzene rings is 1. The fourth-order valence-electron chi connectivity index (χ4n) is 1.33. The van der Waals surface area contributed by atoms with Gasteiger partial charge in [0.2, 0.25) is 0 Å². The second-order valence-corrected chi connectivity index (χ2v) is 4.48. The van der Waals surface area contributed by atoms with E-state index in [1.165, 1.54) is 23.9 Å². The fraction of sp³-hybridized carbons (Fsp3) is 0.167. The van der Waals surface area contributed by atoms with Gasteiger partial charge in [-0.15, -0.1) is 11.8 Å². The van der Waals surface area contributed by atoms with Crippen molar-refractivity contribution >= 4 is 11.8 Å². The predicted molar refractivity (Wildman–Crippen MR) is 62.8 cm³/mol. The van der Waals surface area contributed by atoms with Gasteiger partial charge >= 0.3 is 0 Å². The molecule has 4 heteroatoms. The molecular weight excluding hydrogens is 225 g/mol. The van der Waals surface area contributed by atoms with Crippen molar-refractivity contribution in [3.63, 3.8) is 0 Å². The van der Waals surface area contributed by atoms with Gasteiger partial charge in [-0.1, -0.05) is 6.07 Å². The Morgan fingerprint density at radius 3 is 2.88 bits per heavy atom. The van der Waals surface area contributed by atoms with Crippen molar-refractivity contribution in [3.05, 3.63) is 54.2 Å². The molecule has 0 radical (unpaired) electrons. The first-order chi connectivity index (χ1) is 7.75. The molecule has 0 aliphatic rings. The van der Waals surface area contributed by atoms with Crippen LogP contribution in [0.2, 0.25) is 0 Å². The Labute approximate surface area is 97.6 Å². The molecule has 1 heterocycles. The number of hydrogen-bond acceptors (Lipinski definition) is 3. The number of halogens is 1. The third-order valence-electron chi connectivity index (χ3n) is 2.13. The summed E-state index contributed by atoms with van der Waals surface area (Å²) in [5.74, 6) is 1.19. The van der Waals surface area contributed by atoms with Crippen LogP contribution in [-0.4, -0.2) is 5.75 Å². The van der Waals surface area contributed by atoms with E-state index in [4.69, 9.17) is 10.2 Å². The maximum Gasteiger partial charge on any atom is 0.124 e. The van der Waals surface area contributed by atoms with Crippen molar-refractivity contribution in [2.45, 2.75) is 10.9 Å². The predicted octanol–water partition coefficient (Wildman–Crippen LogP) is 3.21. The molecule has 2 rings (SSSR count). The van der Waals surface area contributed by atoms with Gasteiger partial charge in [0.05, 0.1) is 12.3 Å². The Balaban J connectivity index is 1.92. The third-order valence-corrected chi connectivity index (χ3v) is 3.25. The van der Waals surface area contributed by atoms with Crippen LogP contribution in [0.1, 0.15) is 11.8 Å². The standard InChI is InChI=1S/C12H12FNOS/c13-9-3-1-4-10(7-9)16-8-11(14)12-5-2-6-15-12/h1-7,11H,8,14H2. The van der Waals surface area contributed by atoms with E-state index in [2.05, 4.69) is 0 Å². The lowest BCUT2D eigenvalue weighted by molar-refractivity contribution is 0.482. The van der Waals surface area contributed by atoms with E-state index in [-0.39, 0.29) is 11.9 Å². The fourth-order valence-corrected chi connectivity index (χ4v) is 2.23. The lowest BCUT2D eigenvalue weighted by atomic mass is 10.3. The van der Waals surface area contributed by atoms with E-state index in [0.717, 1.165) is 10.7 Å². The highest BCUT2D eigenvalue weighted by atomic mass is 32.2. The van der Waals surface area contributed by atoms with Gasteiger partial charge in [-0.2, -0.15) is 0 Å². The Morgan fingerprint density at radius 2 is 2.19 bits per heavy atom. The van der Waals surface area contributed by atoms with Gasteiger partial charge in [-0.05, 0) is 30.3 Å². The van der Waals surface area contributed by atoms with Gasteiger partial charge in [-0.3, -0.25) is 0 Å². The van der Waals surface area contributed by atoms with Gasteiger partial charge in [0.1, 0.15) is 11.6 Å². The monoisotopic (exact) mass is 237 g/mol. The molecule has 0 aliphatic carbocycles. The van der Waals surface area contributed by atoms with Gasteiger partial charge < -0.3 is 10.2 Å². The van der Waals surface area contributed by atoms with Gasteiger partial charge in [0, 0.05) is 10.6 Å². The Morgan fingerprint density at radius 1 is 1.31 bits per heavy atom. The normalized spacial score (nSPS) is 12.6. The molecule has 2 N–H and O–H groups in total. The first kappa shape index (κ1) is 11.2. The molecule has 2 nitrogen and oxygen atoms in total. The molecule has 0 saturated heterocycles. The molecule has 1 aromatic heterocycles. The Bertz CT molecular complexity index is 444. The van der Waals surface area contributed by atoms with Crippen LogP contribution in [0.4, 0.5) is 4.39 Å². The molecule has 0 aliphatic heterocycles. The second kappa shape index (κ2) is 5.18. The van der Waals surface area contributed by atoms with Crippen molar-refractivity contribution < 1.29 is 8.81 Å². The number of hydrogen-bond donors (Lipinski definition) is 1. The zero-order chi connectivity index (χ0) is 11.4. The summed E-state index contributed by atoms with van der Waals surface area (Å²) in [6.07, 6.45) is 1.60. The van der Waals surface area contributed by atoms with Crippen molar-refractivity contribution in [2.24, 2.45) is 5.73 Å². The van der Waals surface area contributed by atoms with Crippen LogP contribution in [0.25, 0.3) is 0 Å². The maximum atomic E-state index is 12.9. The zero-order valence-corrected chi connectivity index (χ0v) is 9.41. The Hall–Kier alpha value is -1.26. The van der Waals surface area contributed by atoms with Crippen LogP contribution in [0.15, 0.2) is 52.0 Å². The lowest BCUT2D eigenvalue weighted by Crippen LogP contribution is -2.11. The summed E-state index contributed by atoms with van der Waals surface area (Å²) in [7, 11) is 0. The zero-order valence-electron chi connectivity index (χ0n) is 8.60. The number of thioether (sulfide) groups is 1. The first-order valence-corrected chi connectivity index (χ1v) is 5.91. The summed E-state index contributed by atoms with van der Waals surface area (Å²) in [5.41, 5.74) is 5.92. The van der Waals surface area contributed by atoms with Crippen LogP contribution in [0.5, 0.6) is 0 Å². The van der Waals surface area contributed by atoms with Crippen LogP contribution >= 0.6 is 11.8 Å². The van der Waals surface area contributed by atoms with Crippen molar-refractivity contribution in [2.75, 3.05) is 5.75 Å². The van der Waals surface area contributed by atoms with E-state index >= 15 is 0 Å². The van der Waals surface area contributed by atoms with Crippen molar-refractivity contribution in [3.8, 4) is 0 Å². The minimum atomic E-state index is -0.225. The number of furan rings is 1. The van der Waals surface area contributed by atoms with E-state index < -0.39 is 0 Å². The van der Waals surface area contributed by atoms with Crippen LogP contribution < -0.4 is 5.73 Å². The minimum absolute atomic E-state index is 0.164. The second-order valence-electron chi connectivity index (χ2n) is 3.39. The molecule has 2 aromatic rings. The molecule has 1 unspecified atom stereocenters. The molecule has 16 heavy (non-hydrogen) atoms. The summed E-state index contributed by atoms with van der Waals surface area (Å²) in [4.78, 5) is 0.877. The van der Waals surface area contributed by atoms with E-state index in [1.54, 1.807) is 12.3 Å². The van der Waals surface area contributed by atoms with Crippen molar-refractivity contribution in [1.82, 2.24) is 0 Å². The Kier molecular flexibility index (Phi) is 3.64.